The van der Waals surface area contributed by atoms with Crippen LogP contribution in [0.2, 0.25) is 0 Å². The summed E-state index contributed by atoms with van der Waals surface area (Å²) in [6.07, 6.45) is 4.45. The minimum atomic E-state index is 0.0840. The Balaban J connectivity index is 2.79. The molecule has 0 bridgehead atoms. The Kier molecular flexibility index (Phi) is 4.16. The van der Waals surface area contributed by atoms with Crippen molar-refractivity contribution in [2.24, 2.45) is 5.84 Å². The highest BCUT2D eigenvalue weighted by Gasteiger charge is 2.00. The van der Waals surface area contributed by atoms with Crippen molar-refractivity contribution in [1.82, 2.24) is 0 Å². The second kappa shape index (κ2) is 5.42. The maximum Gasteiger partial charge on any atom is 0.0612 e. The first-order valence-corrected chi connectivity index (χ1v) is 4.58. The zero-order valence-corrected chi connectivity index (χ0v) is 8.35. The van der Waals surface area contributed by atoms with Gasteiger partial charge in [-0.15, -0.1) is 0 Å². The molecule has 0 fully saturated rings. The van der Waals surface area contributed by atoms with Crippen LogP contribution in [0.4, 0.5) is 5.69 Å². The predicted molar refractivity (Wildman–Crippen MR) is 59.0 cm³/mol. The van der Waals surface area contributed by atoms with Gasteiger partial charge in [0.2, 0.25) is 0 Å². The van der Waals surface area contributed by atoms with E-state index in [9.17, 15) is 0 Å². The van der Waals surface area contributed by atoms with Gasteiger partial charge in [0.1, 0.15) is 0 Å². The summed E-state index contributed by atoms with van der Waals surface area (Å²) in [5.41, 5.74) is 2.16. The highest BCUT2D eigenvalue weighted by Crippen LogP contribution is 2.17. The molecule has 3 heteroatoms. The highest BCUT2D eigenvalue weighted by molar-refractivity contribution is 5.52. The van der Waals surface area contributed by atoms with Crippen LogP contribution in [0.25, 0.3) is 0 Å². The van der Waals surface area contributed by atoms with Crippen molar-refractivity contribution in [2.45, 2.75) is 6.42 Å². The summed E-state index contributed by atoms with van der Waals surface area (Å²) in [4.78, 5) is 0. The molecular weight excluding hydrogens is 176 g/mol. The molecule has 0 aliphatic carbocycles. The Hall–Kier alpha value is -1.32. The molecule has 0 saturated heterocycles. The molecular formula is C11H16N2O. The van der Waals surface area contributed by atoms with Crippen LogP contribution in [0, 0.1) is 0 Å². The lowest BCUT2D eigenvalue weighted by Gasteiger charge is -2.15. The zero-order valence-electron chi connectivity index (χ0n) is 8.35. The molecule has 1 rings (SSSR count). The number of nitrogens with two attached hydrogens (primary N) is 1. The lowest BCUT2D eigenvalue weighted by molar-refractivity contribution is 0.342. The van der Waals surface area contributed by atoms with Crippen molar-refractivity contribution < 1.29 is 5.11 Å². The molecule has 14 heavy (non-hydrogen) atoms. The van der Waals surface area contributed by atoms with Gasteiger partial charge >= 0.3 is 0 Å². The first-order chi connectivity index (χ1) is 6.75. The number of rotatable bonds is 4. The van der Waals surface area contributed by atoms with E-state index in [-0.39, 0.29) is 6.61 Å². The van der Waals surface area contributed by atoms with Gasteiger partial charge < -0.3 is 10.1 Å². The lowest BCUT2D eigenvalue weighted by atomic mass is 10.1. The lowest BCUT2D eigenvalue weighted by Crippen LogP contribution is -2.26. The van der Waals surface area contributed by atoms with E-state index < -0.39 is 0 Å². The number of allylic oxidation sites excluding steroid dienone is 1. The number of nitrogens with zero attached hydrogens (tertiary/aromatic N) is 1. The fraction of sp³-hybridized carbons (Fsp3) is 0.273. The Morgan fingerprint density at radius 3 is 2.71 bits per heavy atom. The van der Waals surface area contributed by atoms with Crippen LogP contribution in [-0.2, 0) is 6.42 Å². The first kappa shape index (κ1) is 10.8. The van der Waals surface area contributed by atoms with Gasteiger partial charge in [-0.1, -0.05) is 30.4 Å². The largest absolute Gasteiger partial charge is 0.392 e. The number of para-hydroxylation sites is 1. The SMILES string of the molecule is CN(N)c1ccccc1C/C=C/CO. The average molecular weight is 192 g/mol. The van der Waals surface area contributed by atoms with E-state index in [1.165, 1.54) is 0 Å². The number of aliphatic hydroxyl groups is 1. The van der Waals surface area contributed by atoms with Gasteiger partial charge in [-0.2, -0.15) is 0 Å². The summed E-state index contributed by atoms with van der Waals surface area (Å²) >= 11 is 0. The number of hydrogen-bond acceptors (Lipinski definition) is 3. The fourth-order valence-corrected chi connectivity index (χ4v) is 1.31. The summed E-state index contributed by atoms with van der Waals surface area (Å²) < 4.78 is 0. The monoisotopic (exact) mass is 192 g/mol. The molecule has 0 saturated carbocycles. The Morgan fingerprint density at radius 1 is 1.36 bits per heavy atom. The number of hydrazine groups is 1. The van der Waals surface area contributed by atoms with Gasteiger partial charge in [-0.3, -0.25) is 0 Å². The number of benzene rings is 1. The van der Waals surface area contributed by atoms with Crippen molar-refractivity contribution in [3.05, 3.63) is 42.0 Å². The van der Waals surface area contributed by atoms with Crippen LogP contribution < -0.4 is 10.9 Å². The number of aliphatic hydroxyl groups excluding tert-OH is 1. The quantitative estimate of drug-likeness (QED) is 0.426. The van der Waals surface area contributed by atoms with Crippen molar-refractivity contribution >= 4 is 5.69 Å². The van der Waals surface area contributed by atoms with Crippen LogP contribution in [0.15, 0.2) is 36.4 Å². The average Bonchev–Trinajstić information content (AvgIpc) is 2.19. The number of hydrogen-bond donors (Lipinski definition) is 2. The molecule has 76 valence electrons. The van der Waals surface area contributed by atoms with Gasteiger partial charge in [-0.05, 0) is 18.1 Å². The van der Waals surface area contributed by atoms with Crippen LogP contribution in [-0.4, -0.2) is 18.8 Å². The van der Waals surface area contributed by atoms with E-state index in [1.807, 2.05) is 37.4 Å². The van der Waals surface area contributed by atoms with E-state index in [4.69, 9.17) is 10.9 Å². The highest BCUT2D eigenvalue weighted by atomic mass is 16.2. The van der Waals surface area contributed by atoms with Gasteiger partial charge in [-0.25, -0.2) is 5.84 Å². The maximum atomic E-state index is 8.60. The molecule has 0 spiro atoms. The normalized spacial score (nSPS) is 10.8. The molecule has 0 unspecified atom stereocenters. The second-order valence-corrected chi connectivity index (χ2v) is 3.10. The fourth-order valence-electron chi connectivity index (χ4n) is 1.31. The van der Waals surface area contributed by atoms with Crippen LogP contribution in [0.1, 0.15) is 5.56 Å². The molecule has 3 N–H and O–H groups in total. The summed E-state index contributed by atoms with van der Waals surface area (Å²) in [5.74, 6) is 5.68. The topological polar surface area (TPSA) is 49.5 Å². The van der Waals surface area contributed by atoms with Gasteiger partial charge in [0, 0.05) is 7.05 Å². The molecule has 0 heterocycles. The maximum absolute atomic E-state index is 8.60. The second-order valence-electron chi connectivity index (χ2n) is 3.10. The van der Waals surface area contributed by atoms with E-state index in [0.717, 1.165) is 17.7 Å². The molecule has 1 aromatic carbocycles. The first-order valence-electron chi connectivity index (χ1n) is 4.58. The minimum Gasteiger partial charge on any atom is -0.392 e. The smallest absolute Gasteiger partial charge is 0.0612 e. The van der Waals surface area contributed by atoms with E-state index in [0.29, 0.717) is 0 Å². The predicted octanol–water partition coefficient (Wildman–Crippen LogP) is 1.09. The molecule has 3 nitrogen and oxygen atoms in total. The third-order valence-corrected chi connectivity index (χ3v) is 1.98. The van der Waals surface area contributed by atoms with Gasteiger partial charge in [0.15, 0.2) is 0 Å². The standard InChI is InChI=1S/C11H16N2O/c1-13(12)11-8-3-2-6-10(11)7-4-5-9-14/h2-6,8,14H,7,9,12H2,1H3/b5-4+. The molecule has 0 radical (unpaired) electrons. The van der Waals surface area contributed by atoms with Crippen molar-refractivity contribution in [1.29, 1.82) is 0 Å². The molecule has 0 aliphatic rings. The van der Waals surface area contributed by atoms with E-state index >= 15 is 0 Å². The zero-order chi connectivity index (χ0) is 10.4. The summed E-state index contributed by atoms with van der Waals surface area (Å²) in [7, 11) is 1.81. The number of anilines is 1. The third-order valence-electron chi connectivity index (χ3n) is 1.98. The van der Waals surface area contributed by atoms with Gasteiger partial charge in [0.05, 0.1) is 12.3 Å². The van der Waals surface area contributed by atoms with Crippen molar-refractivity contribution in [2.75, 3.05) is 18.7 Å². The van der Waals surface area contributed by atoms with E-state index in [2.05, 4.69) is 0 Å². The summed E-state index contributed by atoms with van der Waals surface area (Å²) in [6, 6.07) is 7.94. The Labute approximate surface area is 84.4 Å². The van der Waals surface area contributed by atoms with Crippen molar-refractivity contribution in [3.63, 3.8) is 0 Å². The molecule has 0 aromatic heterocycles. The molecule has 0 amide bonds. The minimum absolute atomic E-state index is 0.0840. The molecule has 0 aliphatic heterocycles. The van der Waals surface area contributed by atoms with E-state index in [1.54, 1.807) is 11.1 Å². The third kappa shape index (κ3) is 2.87. The summed E-state index contributed by atoms with van der Waals surface area (Å²) in [5, 5.41) is 10.2. The van der Waals surface area contributed by atoms with Crippen LogP contribution >= 0.6 is 0 Å². The Bertz CT molecular complexity index is 308. The van der Waals surface area contributed by atoms with Gasteiger partial charge in [0.25, 0.3) is 0 Å². The van der Waals surface area contributed by atoms with Crippen molar-refractivity contribution in [3.8, 4) is 0 Å². The Morgan fingerprint density at radius 2 is 2.07 bits per heavy atom. The molecule has 0 atom stereocenters. The summed E-state index contributed by atoms with van der Waals surface area (Å²) in [6.45, 7) is 0.0840. The van der Waals surface area contributed by atoms with Crippen LogP contribution in [0.3, 0.4) is 0 Å². The van der Waals surface area contributed by atoms with Crippen LogP contribution in [0.5, 0.6) is 0 Å². The molecule has 1 aromatic rings.